The van der Waals surface area contributed by atoms with E-state index >= 15 is 0 Å². The molecule has 82 valence electrons. The van der Waals surface area contributed by atoms with Crippen LogP contribution in [-0.4, -0.2) is 22.6 Å². The smallest absolute Gasteiger partial charge is 0.0995 e. The van der Waals surface area contributed by atoms with Gasteiger partial charge in [0.25, 0.3) is 0 Å². The maximum absolute atomic E-state index is 4.39. The van der Waals surface area contributed by atoms with E-state index in [-0.39, 0.29) is 11.0 Å². The van der Waals surface area contributed by atoms with Crippen molar-refractivity contribution in [2.24, 2.45) is 15.8 Å². The Labute approximate surface area is 87.6 Å². The highest BCUT2D eigenvalue weighted by Gasteiger charge is 2.41. The average Bonchev–Trinajstić information content (AvgIpc) is 2.26. The lowest BCUT2D eigenvalue weighted by molar-refractivity contribution is 0.0907. The molecule has 1 aliphatic heterocycles. The zero-order valence-electron chi connectivity index (χ0n) is 10.5. The van der Waals surface area contributed by atoms with Crippen molar-refractivity contribution in [3.8, 4) is 0 Å². The Morgan fingerprint density at radius 3 is 1.71 bits per heavy atom. The van der Waals surface area contributed by atoms with Crippen molar-refractivity contribution in [1.82, 2.24) is 5.01 Å². The standard InChI is InChI=1S/C11H23N3/c1-8-9(10(2,3)4)12-13-14(8)11(5,6)7/h8-9H,1-7H3. The predicted octanol–water partition coefficient (Wildman–Crippen LogP) is 3.27. The Morgan fingerprint density at radius 1 is 1.00 bits per heavy atom. The lowest BCUT2D eigenvalue weighted by atomic mass is 9.83. The van der Waals surface area contributed by atoms with Gasteiger partial charge in [-0.05, 0) is 33.1 Å². The molecule has 0 N–H and O–H groups in total. The summed E-state index contributed by atoms with van der Waals surface area (Å²) in [6.45, 7) is 15.4. The Kier molecular flexibility index (Phi) is 2.63. The quantitative estimate of drug-likeness (QED) is 0.585. The molecule has 0 amide bonds. The van der Waals surface area contributed by atoms with Crippen molar-refractivity contribution in [2.75, 3.05) is 0 Å². The summed E-state index contributed by atoms with van der Waals surface area (Å²) in [5.74, 6) is 0. The summed E-state index contributed by atoms with van der Waals surface area (Å²) < 4.78 is 0. The van der Waals surface area contributed by atoms with Crippen LogP contribution in [0.15, 0.2) is 10.3 Å². The second-order valence-electron chi connectivity index (χ2n) is 6.27. The summed E-state index contributed by atoms with van der Waals surface area (Å²) >= 11 is 0. The predicted molar refractivity (Wildman–Crippen MR) is 59.2 cm³/mol. The van der Waals surface area contributed by atoms with Gasteiger partial charge in [-0.3, -0.25) is 5.01 Å². The lowest BCUT2D eigenvalue weighted by Gasteiger charge is -2.36. The number of hydrogen-bond acceptors (Lipinski definition) is 3. The van der Waals surface area contributed by atoms with E-state index in [0.717, 1.165) is 0 Å². The third-order valence-electron chi connectivity index (χ3n) is 2.69. The molecule has 3 nitrogen and oxygen atoms in total. The average molecular weight is 197 g/mol. The summed E-state index contributed by atoms with van der Waals surface area (Å²) in [6.07, 6.45) is 0. The molecule has 0 aromatic carbocycles. The monoisotopic (exact) mass is 197 g/mol. The fourth-order valence-electron chi connectivity index (χ4n) is 2.06. The summed E-state index contributed by atoms with van der Waals surface area (Å²) in [5.41, 5.74) is 0.270. The third-order valence-corrected chi connectivity index (χ3v) is 2.69. The Hall–Kier alpha value is -0.600. The third kappa shape index (κ3) is 2.07. The first kappa shape index (κ1) is 11.5. The minimum Gasteiger partial charge on any atom is -0.269 e. The number of rotatable bonds is 0. The van der Waals surface area contributed by atoms with Crippen LogP contribution in [0.1, 0.15) is 48.5 Å². The van der Waals surface area contributed by atoms with Gasteiger partial charge in [0, 0.05) is 0 Å². The van der Waals surface area contributed by atoms with Crippen LogP contribution < -0.4 is 0 Å². The molecule has 0 aliphatic carbocycles. The second-order valence-corrected chi connectivity index (χ2v) is 6.27. The van der Waals surface area contributed by atoms with Gasteiger partial charge in [-0.25, -0.2) is 0 Å². The number of hydrogen-bond donors (Lipinski definition) is 0. The van der Waals surface area contributed by atoms with E-state index in [1.165, 1.54) is 0 Å². The van der Waals surface area contributed by atoms with Crippen LogP contribution in [0.2, 0.25) is 0 Å². The molecule has 0 aromatic rings. The Bertz CT molecular complexity index is 208. The highest BCUT2D eigenvalue weighted by Crippen LogP contribution is 2.35. The highest BCUT2D eigenvalue weighted by molar-refractivity contribution is 4.94. The van der Waals surface area contributed by atoms with Gasteiger partial charge >= 0.3 is 0 Å². The van der Waals surface area contributed by atoms with Gasteiger partial charge in [0.1, 0.15) is 0 Å². The van der Waals surface area contributed by atoms with Crippen LogP contribution in [0.3, 0.4) is 0 Å². The Morgan fingerprint density at radius 2 is 1.50 bits per heavy atom. The maximum atomic E-state index is 4.39. The molecule has 0 fully saturated rings. The van der Waals surface area contributed by atoms with E-state index in [0.29, 0.717) is 12.1 Å². The van der Waals surface area contributed by atoms with Gasteiger partial charge in [-0.15, -0.1) is 0 Å². The first-order chi connectivity index (χ1) is 6.14. The number of nitrogens with zero attached hydrogens (tertiary/aromatic N) is 3. The van der Waals surface area contributed by atoms with Gasteiger partial charge in [0.2, 0.25) is 0 Å². The van der Waals surface area contributed by atoms with Gasteiger partial charge < -0.3 is 0 Å². The van der Waals surface area contributed by atoms with Crippen LogP contribution in [0.4, 0.5) is 0 Å². The van der Waals surface area contributed by atoms with E-state index in [4.69, 9.17) is 0 Å². The first-order valence-corrected chi connectivity index (χ1v) is 5.34. The molecule has 0 aromatic heterocycles. The molecule has 3 heteroatoms. The Balaban J connectivity index is 2.81. The van der Waals surface area contributed by atoms with Crippen LogP contribution in [0, 0.1) is 5.41 Å². The van der Waals surface area contributed by atoms with Crippen LogP contribution in [0.5, 0.6) is 0 Å². The molecule has 2 unspecified atom stereocenters. The second kappa shape index (κ2) is 3.21. The molecule has 0 bridgehead atoms. The normalized spacial score (nSPS) is 28.6. The van der Waals surface area contributed by atoms with Gasteiger partial charge in [-0.1, -0.05) is 26.0 Å². The molecule has 2 atom stereocenters. The first-order valence-electron chi connectivity index (χ1n) is 5.34. The molecule has 0 spiro atoms. The maximum Gasteiger partial charge on any atom is 0.0995 e. The fraction of sp³-hybridized carbons (Fsp3) is 1.00. The SMILES string of the molecule is CC1C(C(C)(C)C)N=NN1C(C)(C)C. The van der Waals surface area contributed by atoms with E-state index in [1.54, 1.807) is 0 Å². The van der Waals surface area contributed by atoms with Crippen LogP contribution >= 0.6 is 0 Å². The van der Waals surface area contributed by atoms with Crippen molar-refractivity contribution in [3.63, 3.8) is 0 Å². The van der Waals surface area contributed by atoms with Crippen LogP contribution in [0.25, 0.3) is 0 Å². The molecule has 1 rings (SSSR count). The highest BCUT2D eigenvalue weighted by atomic mass is 15.6. The molecule has 1 heterocycles. The van der Waals surface area contributed by atoms with E-state index < -0.39 is 0 Å². The minimum absolute atomic E-state index is 0.0723. The van der Waals surface area contributed by atoms with Crippen molar-refractivity contribution >= 4 is 0 Å². The molecular formula is C11H23N3. The topological polar surface area (TPSA) is 28.0 Å². The van der Waals surface area contributed by atoms with E-state index in [9.17, 15) is 0 Å². The molecule has 14 heavy (non-hydrogen) atoms. The summed E-state index contributed by atoms with van der Waals surface area (Å²) in [4.78, 5) is 0. The minimum atomic E-state index is 0.0723. The van der Waals surface area contributed by atoms with Crippen molar-refractivity contribution in [1.29, 1.82) is 0 Å². The van der Waals surface area contributed by atoms with Gasteiger partial charge in [0.15, 0.2) is 0 Å². The molecule has 0 saturated heterocycles. The van der Waals surface area contributed by atoms with E-state index in [1.807, 2.05) is 0 Å². The summed E-state index contributed by atoms with van der Waals surface area (Å²) in [7, 11) is 0. The molecule has 0 saturated carbocycles. The van der Waals surface area contributed by atoms with E-state index in [2.05, 4.69) is 63.8 Å². The summed E-state index contributed by atoms with van der Waals surface area (Å²) in [6, 6.07) is 0.705. The molecule has 1 aliphatic rings. The zero-order chi connectivity index (χ0) is 11.1. The molecule has 0 radical (unpaired) electrons. The summed E-state index contributed by atoms with van der Waals surface area (Å²) in [5, 5.41) is 10.8. The van der Waals surface area contributed by atoms with Gasteiger partial charge in [-0.2, -0.15) is 5.11 Å². The zero-order valence-corrected chi connectivity index (χ0v) is 10.5. The fourth-order valence-corrected chi connectivity index (χ4v) is 2.06. The molecular weight excluding hydrogens is 174 g/mol. The van der Waals surface area contributed by atoms with Crippen LogP contribution in [-0.2, 0) is 0 Å². The van der Waals surface area contributed by atoms with Crippen molar-refractivity contribution in [2.45, 2.75) is 66.1 Å². The largest absolute Gasteiger partial charge is 0.269 e. The lowest BCUT2D eigenvalue weighted by Crippen LogP contribution is -2.47. The van der Waals surface area contributed by atoms with Crippen molar-refractivity contribution < 1.29 is 0 Å². The van der Waals surface area contributed by atoms with Gasteiger partial charge in [0.05, 0.1) is 17.6 Å². The van der Waals surface area contributed by atoms with Crippen molar-refractivity contribution in [3.05, 3.63) is 0 Å².